The van der Waals surface area contributed by atoms with Crippen LogP contribution >= 0.6 is 11.6 Å². The molecule has 2 atom stereocenters. The molecule has 3 amide bonds. The summed E-state index contributed by atoms with van der Waals surface area (Å²) >= 11 is 5.80. The smallest absolute Gasteiger partial charge is 0.352 e. The summed E-state index contributed by atoms with van der Waals surface area (Å²) in [6.45, 7) is -1.49. The number of urea groups is 1. The van der Waals surface area contributed by atoms with Gasteiger partial charge in [0, 0.05) is 6.54 Å². The molecule has 0 saturated carbocycles. The summed E-state index contributed by atoms with van der Waals surface area (Å²) in [5, 5.41) is 4.57. The number of nitrogens with zero attached hydrogens (tertiary/aromatic N) is 2. The Hall–Kier alpha value is -2.95. The van der Waals surface area contributed by atoms with Crippen molar-refractivity contribution < 1.29 is 31.5 Å². The molecular formula is C19H16ClF5N4O2. The maximum atomic E-state index is 13.6. The van der Waals surface area contributed by atoms with E-state index in [0.717, 1.165) is 29.2 Å². The molecule has 1 aromatic carbocycles. The third kappa shape index (κ3) is 5.22. The molecule has 0 radical (unpaired) electrons. The molecule has 31 heavy (non-hydrogen) atoms. The van der Waals surface area contributed by atoms with Crippen molar-refractivity contribution in [1.82, 2.24) is 20.5 Å². The largest absolute Gasteiger partial charge is 0.433 e. The topological polar surface area (TPSA) is 74.3 Å². The van der Waals surface area contributed by atoms with Gasteiger partial charge < -0.3 is 15.5 Å². The number of hydrogen-bond acceptors (Lipinski definition) is 3. The van der Waals surface area contributed by atoms with E-state index in [0.29, 0.717) is 0 Å². The molecule has 3 rings (SSSR count). The van der Waals surface area contributed by atoms with Gasteiger partial charge in [-0.05, 0) is 29.8 Å². The van der Waals surface area contributed by atoms with Gasteiger partial charge >= 0.3 is 12.2 Å². The van der Waals surface area contributed by atoms with Crippen LogP contribution in [0.2, 0.25) is 5.02 Å². The maximum absolute atomic E-state index is 13.6. The standard InChI is InChI=1S/C19H16ClF5N4O2/c20-12-6-10(4-5-13(12)22)17(14-2-1-3-15(27-14)19(23,24)25)28-18(31)29-9-16(30)26-8-11(29)7-21/h1-6,11,17H,7-9H2,(H,26,30)(H,28,31)/t11-,17?/m1/s1. The van der Waals surface area contributed by atoms with Gasteiger partial charge in [-0.3, -0.25) is 4.79 Å². The van der Waals surface area contributed by atoms with Crippen LogP contribution in [-0.4, -0.2) is 47.6 Å². The number of halogens is 6. The van der Waals surface area contributed by atoms with Crippen LogP contribution < -0.4 is 10.6 Å². The molecule has 2 heterocycles. The summed E-state index contributed by atoms with van der Waals surface area (Å²) in [5.74, 6) is -1.28. The molecule has 2 N–H and O–H groups in total. The minimum atomic E-state index is -4.74. The molecule has 2 aromatic rings. The van der Waals surface area contributed by atoms with Crippen molar-refractivity contribution in [2.24, 2.45) is 0 Å². The quantitative estimate of drug-likeness (QED) is 0.683. The van der Waals surface area contributed by atoms with Crippen LogP contribution in [0.3, 0.4) is 0 Å². The van der Waals surface area contributed by atoms with Crippen molar-refractivity contribution in [3.63, 3.8) is 0 Å². The Labute approximate surface area is 178 Å². The zero-order valence-corrected chi connectivity index (χ0v) is 16.5. The summed E-state index contributed by atoms with van der Waals surface area (Å²) in [6.07, 6.45) is -4.74. The Kier molecular flexibility index (Phi) is 6.63. The number of rotatable bonds is 4. The number of aromatic nitrogens is 1. The molecular weight excluding hydrogens is 447 g/mol. The van der Waals surface area contributed by atoms with Crippen molar-refractivity contribution in [3.8, 4) is 0 Å². The Morgan fingerprint density at radius 1 is 1.32 bits per heavy atom. The number of benzene rings is 1. The van der Waals surface area contributed by atoms with Gasteiger partial charge in [0.2, 0.25) is 5.91 Å². The summed E-state index contributed by atoms with van der Waals surface area (Å²) in [4.78, 5) is 29.0. The predicted octanol–water partition coefficient (Wildman–Crippen LogP) is 3.46. The van der Waals surface area contributed by atoms with E-state index in [1.807, 2.05) is 0 Å². The molecule has 12 heteroatoms. The first kappa shape index (κ1) is 22.7. The molecule has 1 aromatic heterocycles. The number of amides is 3. The van der Waals surface area contributed by atoms with Crippen molar-refractivity contribution in [1.29, 1.82) is 0 Å². The van der Waals surface area contributed by atoms with E-state index in [1.54, 1.807) is 0 Å². The number of nitrogens with one attached hydrogen (secondary N) is 2. The molecule has 6 nitrogen and oxygen atoms in total. The van der Waals surface area contributed by atoms with Crippen molar-refractivity contribution in [2.75, 3.05) is 19.8 Å². The first-order valence-corrected chi connectivity index (χ1v) is 9.37. The fourth-order valence-corrected chi connectivity index (χ4v) is 3.24. The fraction of sp³-hybridized carbons (Fsp3) is 0.316. The average molecular weight is 463 g/mol. The zero-order valence-electron chi connectivity index (χ0n) is 15.7. The molecule has 1 fully saturated rings. The second-order valence-electron chi connectivity index (χ2n) is 6.74. The Morgan fingerprint density at radius 3 is 2.71 bits per heavy atom. The van der Waals surface area contributed by atoms with Crippen LogP contribution in [0.25, 0.3) is 0 Å². The number of carbonyl (C=O) groups is 2. The van der Waals surface area contributed by atoms with Crippen LogP contribution in [0.5, 0.6) is 0 Å². The Balaban J connectivity index is 1.99. The van der Waals surface area contributed by atoms with Crippen LogP contribution in [0.4, 0.5) is 26.7 Å². The van der Waals surface area contributed by atoms with Crippen molar-refractivity contribution in [3.05, 3.63) is 64.2 Å². The second kappa shape index (κ2) is 9.04. The van der Waals surface area contributed by atoms with Crippen LogP contribution in [0, 0.1) is 5.82 Å². The predicted molar refractivity (Wildman–Crippen MR) is 101 cm³/mol. The molecule has 1 aliphatic rings. The normalized spacial score (nSPS) is 17.8. The molecule has 0 bridgehead atoms. The highest BCUT2D eigenvalue weighted by Gasteiger charge is 2.35. The SMILES string of the molecule is O=C1CN(C(=O)NC(c2ccc(F)c(Cl)c2)c2cccc(C(F)(F)F)n2)[C@H](CF)CN1. The summed E-state index contributed by atoms with van der Waals surface area (Å²) in [6, 6.07) is 3.33. The zero-order chi connectivity index (χ0) is 22.8. The lowest BCUT2D eigenvalue weighted by Crippen LogP contribution is -2.59. The molecule has 1 unspecified atom stereocenters. The molecule has 166 valence electrons. The molecule has 0 aliphatic carbocycles. The Bertz CT molecular complexity index is 988. The minimum Gasteiger partial charge on any atom is -0.352 e. The number of carbonyl (C=O) groups excluding carboxylic acids is 2. The van der Waals surface area contributed by atoms with Gasteiger partial charge in [-0.1, -0.05) is 23.7 Å². The first-order chi connectivity index (χ1) is 14.6. The van der Waals surface area contributed by atoms with E-state index in [4.69, 9.17) is 11.6 Å². The Morgan fingerprint density at radius 2 is 2.06 bits per heavy atom. The number of alkyl halides is 4. The van der Waals surface area contributed by atoms with E-state index in [2.05, 4.69) is 15.6 Å². The van der Waals surface area contributed by atoms with E-state index < -0.39 is 54.9 Å². The van der Waals surface area contributed by atoms with Crippen molar-refractivity contribution >= 4 is 23.5 Å². The highest BCUT2D eigenvalue weighted by atomic mass is 35.5. The second-order valence-corrected chi connectivity index (χ2v) is 7.15. The number of piperazine rings is 1. The highest BCUT2D eigenvalue weighted by molar-refractivity contribution is 6.30. The summed E-state index contributed by atoms with van der Waals surface area (Å²) < 4.78 is 66.3. The van der Waals surface area contributed by atoms with E-state index in [1.165, 1.54) is 12.1 Å². The molecule has 1 saturated heterocycles. The summed E-state index contributed by atoms with van der Waals surface area (Å²) in [7, 11) is 0. The highest BCUT2D eigenvalue weighted by Crippen LogP contribution is 2.31. The van der Waals surface area contributed by atoms with Gasteiger partial charge in [0.15, 0.2) is 0 Å². The van der Waals surface area contributed by atoms with E-state index in [9.17, 15) is 31.5 Å². The van der Waals surface area contributed by atoms with Gasteiger partial charge in [0.05, 0.1) is 22.8 Å². The lowest BCUT2D eigenvalue weighted by Gasteiger charge is -2.35. The monoisotopic (exact) mass is 462 g/mol. The van der Waals surface area contributed by atoms with Crippen LogP contribution in [-0.2, 0) is 11.0 Å². The van der Waals surface area contributed by atoms with Gasteiger partial charge in [0.1, 0.15) is 24.7 Å². The maximum Gasteiger partial charge on any atom is 0.433 e. The molecule has 1 aliphatic heterocycles. The number of hydrogen-bond donors (Lipinski definition) is 2. The third-order valence-electron chi connectivity index (χ3n) is 4.63. The van der Waals surface area contributed by atoms with E-state index in [-0.39, 0.29) is 22.8 Å². The lowest BCUT2D eigenvalue weighted by atomic mass is 10.0. The fourth-order valence-electron chi connectivity index (χ4n) is 3.05. The minimum absolute atomic E-state index is 0.113. The van der Waals surface area contributed by atoms with Crippen LogP contribution in [0.15, 0.2) is 36.4 Å². The first-order valence-electron chi connectivity index (χ1n) is 8.99. The third-order valence-corrected chi connectivity index (χ3v) is 4.92. The average Bonchev–Trinajstić information content (AvgIpc) is 2.73. The van der Waals surface area contributed by atoms with Crippen molar-refractivity contribution in [2.45, 2.75) is 18.3 Å². The lowest BCUT2D eigenvalue weighted by molar-refractivity contribution is -0.141. The number of pyridine rings is 1. The van der Waals surface area contributed by atoms with Gasteiger partial charge in [-0.2, -0.15) is 13.2 Å². The molecule has 0 spiro atoms. The van der Waals surface area contributed by atoms with Crippen LogP contribution in [0.1, 0.15) is 23.0 Å². The van der Waals surface area contributed by atoms with E-state index >= 15 is 0 Å². The van der Waals surface area contributed by atoms with Gasteiger partial charge in [0.25, 0.3) is 0 Å². The van der Waals surface area contributed by atoms with Gasteiger partial charge in [-0.25, -0.2) is 18.6 Å². The summed E-state index contributed by atoms with van der Waals surface area (Å²) in [5.41, 5.74) is -1.26. The van der Waals surface area contributed by atoms with Gasteiger partial charge in [-0.15, -0.1) is 0 Å².